The molecule has 3 aliphatic rings. The van der Waals surface area contributed by atoms with E-state index in [1.807, 2.05) is 0 Å². The molecule has 20 heavy (non-hydrogen) atoms. The fraction of sp³-hybridized carbons (Fsp3) is 0.867. The third kappa shape index (κ3) is 3.04. The maximum Gasteiger partial charge on any atom is 0.243 e. The quantitative estimate of drug-likeness (QED) is 0.747. The maximum absolute atomic E-state index is 11.8. The highest BCUT2D eigenvalue weighted by Crippen LogP contribution is 2.38. The minimum Gasteiger partial charge on any atom is -0.375 e. The number of hydrogen-bond acceptors (Lipinski definition) is 4. The number of amides is 2. The largest absolute Gasteiger partial charge is 0.375 e. The summed E-state index contributed by atoms with van der Waals surface area (Å²) in [4.78, 5) is 23.0. The Kier molecular flexibility index (Phi) is 4.08. The van der Waals surface area contributed by atoms with Crippen molar-refractivity contribution in [2.45, 2.75) is 75.5 Å². The number of carbonyl (C=O) groups is 2. The van der Waals surface area contributed by atoms with E-state index in [9.17, 15) is 9.59 Å². The van der Waals surface area contributed by atoms with Crippen molar-refractivity contribution in [1.82, 2.24) is 10.6 Å². The molecule has 1 spiro atoms. The molecule has 0 aromatic heterocycles. The lowest BCUT2D eigenvalue weighted by Gasteiger charge is -2.44. The average molecular weight is 280 g/mol. The first-order valence-electron chi connectivity index (χ1n) is 7.91. The molecule has 2 saturated heterocycles. The van der Waals surface area contributed by atoms with Crippen LogP contribution in [0.1, 0.15) is 57.8 Å². The van der Waals surface area contributed by atoms with Gasteiger partial charge in [-0.2, -0.15) is 0 Å². The highest BCUT2D eigenvalue weighted by molar-refractivity contribution is 6.00. The van der Waals surface area contributed by atoms with Gasteiger partial charge in [0.1, 0.15) is 0 Å². The molecule has 112 valence electrons. The van der Waals surface area contributed by atoms with Crippen molar-refractivity contribution in [3.63, 3.8) is 0 Å². The molecule has 2 unspecified atom stereocenters. The first kappa shape index (κ1) is 14.0. The van der Waals surface area contributed by atoms with Crippen molar-refractivity contribution in [1.29, 1.82) is 0 Å². The molecule has 2 atom stereocenters. The lowest BCUT2D eigenvalue weighted by molar-refractivity contribution is -0.136. The summed E-state index contributed by atoms with van der Waals surface area (Å²) < 4.78 is 6.08. The number of ether oxygens (including phenoxy) is 1. The van der Waals surface area contributed by atoms with Gasteiger partial charge in [0.2, 0.25) is 11.8 Å². The molecule has 2 heterocycles. The van der Waals surface area contributed by atoms with Crippen LogP contribution in [0.15, 0.2) is 0 Å². The molecule has 5 heteroatoms. The lowest BCUT2D eigenvalue weighted by Crippen LogP contribution is -2.56. The zero-order chi connectivity index (χ0) is 14.0. The van der Waals surface area contributed by atoms with Crippen LogP contribution in [-0.2, 0) is 14.3 Å². The number of piperidine rings is 1. The van der Waals surface area contributed by atoms with Gasteiger partial charge in [-0.3, -0.25) is 14.9 Å². The van der Waals surface area contributed by atoms with Crippen molar-refractivity contribution in [3.05, 3.63) is 0 Å². The van der Waals surface area contributed by atoms with Gasteiger partial charge in [-0.05, 0) is 32.1 Å². The summed E-state index contributed by atoms with van der Waals surface area (Å²) in [5, 5.41) is 5.87. The van der Waals surface area contributed by atoms with Crippen molar-refractivity contribution in [3.8, 4) is 0 Å². The smallest absolute Gasteiger partial charge is 0.243 e. The van der Waals surface area contributed by atoms with Crippen LogP contribution >= 0.6 is 0 Å². The van der Waals surface area contributed by atoms with E-state index in [0.717, 1.165) is 32.3 Å². The first-order chi connectivity index (χ1) is 9.67. The third-order valence-electron chi connectivity index (χ3n) is 4.93. The van der Waals surface area contributed by atoms with Gasteiger partial charge in [-0.25, -0.2) is 0 Å². The fourth-order valence-corrected chi connectivity index (χ4v) is 3.85. The Bertz CT molecular complexity index is 385. The standard InChI is InChI=1S/C15H24N2O3/c18-13-5-4-12(14(19)17-13)16-11-6-9-20-15(10-11)7-2-1-3-8-15/h11-12,16H,1-10H2,(H,17,18,19). The molecule has 1 saturated carbocycles. The second-order valence-electron chi connectivity index (χ2n) is 6.45. The Labute approximate surface area is 119 Å². The summed E-state index contributed by atoms with van der Waals surface area (Å²) in [6, 6.07) is 0.127. The Morgan fingerprint density at radius 3 is 2.70 bits per heavy atom. The van der Waals surface area contributed by atoms with E-state index < -0.39 is 0 Å². The molecule has 2 amide bonds. The zero-order valence-electron chi connectivity index (χ0n) is 12.0. The monoisotopic (exact) mass is 280 g/mol. The lowest BCUT2D eigenvalue weighted by atomic mass is 9.78. The highest BCUT2D eigenvalue weighted by atomic mass is 16.5. The number of carbonyl (C=O) groups excluding carboxylic acids is 2. The Morgan fingerprint density at radius 1 is 1.15 bits per heavy atom. The predicted octanol–water partition coefficient (Wildman–Crippen LogP) is 1.26. The predicted molar refractivity (Wildman–Crippen MR) is 74.1 cm³/mol. The molecule has 2 aliphatic heterocycles. The van der Waals surface area contributed by atoms with Gasteiger partial charge in [0.05, 0.1) is 11.6 Å². The summed E-state index contributed by atoms with van der Waals surface area (Å²) in [6.07, 6.45) is 9.16. The minimum absolute atomic E-state index is 0.0507. The Morgan fingerprint density at radius 2 is 1.95 bits per heavy atom. The van der Waals surface area contributed by atoms with Crippen molar-refractivity contribution < 1.29 is 14.3 Å². The van der Waals surface area contributed by atoms with Crippen LogP contribution in [0.25, 0.3) is 0 Å². The number of rotatable bonds is 2. The van der Waals surface area contributed by atoms with Crippen molar-refractivity contribution in [2.24, 2.45) is 0 Å². The molecule has 5 nitrogen and oxygen atoms in total. The summed E-state index contributed by atoms with van der Waals surface area (Å²) in [5.41, 5.74) is 0.0507. The molecule has 3 rings (SSSR count). The van der Waals surface area contributed by atoms with E-state index >= 15 is 0 Å². The SMILES string of the molecule is O=C1CCC(NC2CCOC3(CCCCC3)C2)C(=O)N1. The molecule has 2 N–H and O–H groups in total. The zero-order valence-corrected chi connectivity index (χ0v) is 12.0. The molecule has 1 aliphatic carbocycles. The van der Waals surface area contributed by atoms with Crippen LogP contribution in [0.5, 0.6) is 0 Å². The average Bonchev–Trinajstić information content (AvgIpc) is 2.43. The van der Waals surface area contributed by atoms with Gasteiger partial charge in [-0.1, -0.05) is 19.3 Å². The third-order valence-corrected chi connectivity index (χ3v) is 4.93. The van der Waals surface area contributed by atoms with E-state index in [1.54, 1.807) is 0 Å². The van der Waals surface area contributed by atoms with Crippen LogP contribution in [0, 0.1) is 0 Å². The van der Waals surface area contributed by atoms with Crippen LogP contribution < -0.4 is 10.6 Å². The van der Waals surface area contributed by atoms with E-state index in [2.05, 4.69) is 10.6 Å². The van der Waals surface area contributed by atoms with Crippen molar-refractivity contribution >= 4 is 11.8 Å². The van der Waals surface area contributed by atoms with Crippen molar-refractivity contribution in [2.75, 3.05) is 6.61 Å². The topological polar surface area (TPSA) is 67.4 Å². The van der Waals surface area contributed by atoms with Gasteiger partial charge < -0.3 is 10.1 Å². The van der Waals surface area contributed by atoms with E-state index in [0.29, 0.717) is 18.9 Å². The summed E-state index contributed by atoms with van der Waals surface area (Å²) in [5.74, 6) is -0.311. The van der Waals surface area contributed by atoms with Gasteiger partial charge >= 0.3 is 0 Å². The summed E-state index contributed by atoms with van der Waals surface area (Å²) >= 11 is 0. The second-order valence-corrected chi connectivity index (χ2v) is 6.45. The second kappa shape index (κ2) is 5.82. The Balaban J connectivity index is 1.57. The van der Waals surface area contributed by atoms with Gasteiger partial charge in [0, 0.05) is 19.1 Å². The van der Waals surface area contributed by atoms with Gasteiger partial charge in [0.15, 0.2) is 0 Å². The molecular weight excluding hydrogens is 256 g/mol. The number of imide groups is 1. The highest BCUT2D eigenvalue weighted by Gasteiger charge is 2.39. The summed E-state index contributed by atoms with van der Waals surface area (Å²) in [6.45, 7) is 0.783. The maximum atomic E-state index is 11.8. The van der Waals surface area contributed by atoms with Gasteiger partial charge in [0.25, 0.3) is 0 Å². The van der Waals surface area contributed by atoms with E-state index in [4.69, 9.17) is 4.74 Å². The van der Waals surface area contributed by atoms with Gasteiger partial charge in [-0.15, -0.1) is 0 Å². The van der Waals surface area contributed by atoms with E-state index in [1.165, 1.54) is 19.3 Å². The molecule has 0 aromatic carbocycles. The molecule has 0 radical (unpaired) electrons. The number of hydrogen-bond donors (Lipinski definition) is 2. The first-order valence-corrected chi connectivity index (χ1v) is 7.91. The Hall–Kier alpha value is -0.940. The van der Waals surface area contributed by atoms with Crippen LogP contribution in [0.2, 0.25) is 0 Å². The summed E-state index contributed by atoms with van der Waals surface area (Å²) in [7, 11) is 0. The number of nitrogens with one attached hydrogen (secondary N) is 2. The van der Waals surface area contributed by atoms with Crippen LogP contribution in [-0.4, -0.2) is 36.1 Å². The van der Waals surface area contributed by atoms with Crippen LogP contribution in [0.4, 0.5) is 0 Å². The molecule has 0 aromatic rings. The fourth-order valence-electron chi connectivity index (χ4n) is 3.85. The molecule has 0 bridgehead atoms. The molecular formula is C15H24N2O3. The minimum atomic E-state index is -0.212. The van der Waals surface area contributed by atoms with Crippen LogP contribution in [0.3, 0.4) is 0 Å². The normalized spacial score (nSPS) is 34.0. The van der Waals surface area contributed by atoms with E-state index in [-0.39, 0.29) is 23.5 Å². The molecule has 3 fully saturated rings.